The van der Waals surface area contributed by atoms with Crippen LogP contribution in [0.4, 0.5) is 0 Å². The van der Waals surface area contributed by atoms with Crippen molar-refractivity contribution in [2.45, 2.75) is 37.1 Å². The predicted octanol–water partition coefficient (Wildman–Crippen LogP) is 3.11. The molecule has 0 saturated carbocycles. The van der Waals surface area contributed by atoms with Crippen LogP contribution in [0.1, 0.15) is 36.9 Å². The van der Waals surface area contributed by atoms with E-state index in [9.17, 15) is 13.2 Å². The minimum Gasteiger partial charge on any atom is -0.335 e. The second-order valence-electron chi connectivity index (χ2n) is 8.45. The molecule has 2 aliphatic heterocycles. The highest BCUT2D eigenvalue weighted by molar-refractivity contribution is 7.89. The van der Waals surface area contributed by atoms with Crippen LogP contribution in [0, 0.1) is 5.92 Å². The van der Waals surface area contributed by atoms with Crippen LogP contribution >= 0.6 is 0 Å². The van der Waals surface area contributed by atoms with Crippen molar-refractivity contribution in [2.24, 2.45) is 5.92 Å². The first kappa shape index (κ1) is 20.2. The number of piperidine rings is 1. The zero-order chi connectivity index (χ0) is 21.6. The zero-order valence-corrected chi connectivity index (χ0v) is 18.3. The summed E-state index contributed by atoms with van der Waals surface area (Å²) in [5.41, 5.74) is 3.34. The lowest BCUT2D eigenvalue weighted by Crippen LogP contribution is -2.46. The molecular formula is C23H26N4O3S. The number of hydrogen-bond acceptors (Lipinski definition) is 4. The van der Waals surface area contributed by atoms with E-state index in [4.69, 9.17) is 0 Å². The Morgan fingerprint density at radius 2 is 1.87 bits per heavy atom. The molecule has 1 saturated heterocycles. The van der Waals surface area contributed by atoms with Gasteiger partial charge in [-0.2, -0.15) is 9.40 Å². The molecule has 7 nitrogen and oxygen atoms in total. The van der Waals surface area contributed by atoms with E-state index in [1.807, 2.05) is 17.0 Å². The third-order valence-electron chi connectivity index (χ3n) is 6.73. The molecule has 1 fully saturated rings. The minimum atomic E-state index is -3.59. The van der Waals surface area contributed by atoms with Crippen molar-refractivity contribution in [3.63, 3.8) is 0 Å². The van der Waals surface area contributed by atoms with Gasteiger partial charge in [-0.25, -0.2) is 8.42 Å². The fraction of sp³-hybridized carbons (Fsp3) is 0.391. The second-order valence-corrected chi connectivity index (χ2v) is 10.4. The van der Waals surface area contributed by atoms with Crippen LogP contribution < -0.4 is 0 Å². The normalized spacial score (nSPS) is 20.7. The molecule has 3 heterocycles. The van der Waals surface area contributed by atoms with Crippen molar-refractivity contribution in [3.8, 4) is 0 Å². The average molecular weight is 439 g/mol. The molecule has 0 bridgehead atoms. The summed E-state index contributed by atoms with van der Waals surface area (Å²) in [7, 11) is -3.59. The molecule has 1 aromatic heterocycles. The molecule has 2 aliphatic rings. The number of nitrogens with zero attached hydrogens (tertiary/aromatic N) is 3. The summed E-state index contributed by atoms with van der Waals surface area (Å²) in [6, 6.07) is 13.4. The van der Waals surface area contributed by atoms with Crippen LogP contribution in [0.15, 0.2) is 53.6 Å². The van der Waals surface area contributed by atoms with Gasteiger partial charge in [0.2, 0.25) is 15.9 Å². The number of hydrogen-bond donors (Lipinski definition) is 1. The van der Waals surface area contributed by atoms with E-state index in [1.54, 1.807) is 24.4 Å². The summed E-state index contributed by atoms with van der Waals surface area (Å²) < 4.78 is 27.7. The Kier molecular flexibility index (Phi) is 5.06. The molecule has 1 N–H and O–H groups in total. The van der Waals surface area contributed by atoms with Gasteiger partial charge in [-0.15, -0.1) is 0 Å². The SMILES string of the molecule is CC1c2ccccc2CCN1C(=O)C1CCN(S(=O)(=O)c2ccc3[nH]ncc3c2)CC1. The number of sulfonamides is 1. The van der Waals surface area contributed by atoms with Gasteiger partial charge in [0.25, 0.3) is 0 Å². The maximum absolute atomic E-state index is 13.3. The fourth-order valence-electron chi connectivity index (χ4n) is 4.88. The second kappa shape index (κ2) is 7.76. The van der Waals surface area contributed by atoms with Gasteiger partial charge in [0.05, 0.1) is 22.7 Å². The van der Waals surface area contributed by atoms with E-state index in [-0.39, 0.29) is 22.8 Å². The first-order valence-electron chi connectivity index (χ1n) is 10.8. The van der Waals surface area contributed by atoms with Crippen LogP contribution in [-0.2, 0) is 21.2 Å². The Hall–Kier alpha value is -2.71. The number of amides is 1. The largest absolute Gasteiger partial charge is 0.335 e. The van der Waals surface area contributed by atoms with E-state index in [0.29, 0.717) is 25.9 Å². The number of aromatic nitrogens is 2. The number of fused-ring (bicyclic) bond motifs is 2. The van der Waals surface area contributed by atoms with E-state index in [1.165, 1.54) is 15.4 Å². The number of carbonyl (C=O) groups excluding carboxylic acids is 1. The summed E-state index contributed by atoms with van der Waals surface area (Å²) in [6.07, 6.45) is 3.60. The maximum Gasteiger partial charge on any atom is 0.243 e. The van der Waals surface area contributed by atoms with Gasteiger partial charge < -0.3 is 4.90 Å². The van der Waals surface area contributed by atoms with Gasteiger partial charge in [0.15, 0.2) is 0 Å². The highest BCUT2D eigenvalue weighted by atomic mass is 32.2. The van der Waals surface area contributed by atoms with Crippen molar-refractivity contribution in [2.75, 3.05) is 19.6 Å². The molecule has 162 valence electrons. The van der Waals surface area contributed by atoms with Crippen molar-refractivity contribution >= 4 is 26.8 Å². The molecular weight excluding hydrogens is 412 g/mol. The summed E-state index contributed by atoms with van der Waals surface area (Å²) in [5.74, 6) is 0.0226. The Balaban J connectivity index is 1.27. The minimum absolute atomic E-state index is 0.0564. The first-order valence-corrected chi connectivity index (χ1v) is 12.2. The van der Waals surface area contributed by atoms with E-state index < -0.39 is 10.0 Å². The number of carbonyl (C=O) groups is 1. The van der Waals surface area contributed by atoms with Gasteiger partial charge in [0, 0.05) is 30.9 Å². The van der Waals surface area contributed by atoms with Gasteiger partial charge in [-0.05, 0) is 55.5 Å². The van der Waals surface area contributed by atoms with Crippen LogP contribution in [-0.4, -0.2) is 53.4 Å². The molecule has 1 atom stereocenters. The van der Waals surface area contributed by atoms with Crippen LogP contribution in [0.3, 0.4) is 0 Å². The standard InChI is InChI=1S/C23H26N4O3S/c1-16-21-5-3-2-4-17(21)10-13-27(16)23(28)18-8-11-26(12-9-18)31(29,30)20-6-7-22-19(14-20)15-24-25-22/h2-7,14-16,18H,8-13H2,1H3,(H,24,25). The average Bonchev–Trinajstić information content (AvgIpc) is 3.27. The van der Waals surface area contributed by atoms with Crippen molar-refractivity contribution in [3.05, 3.63) is 59.8 Å². The predicted molar refractivity (Wildman–Crippen MR) is 118 cm³/mol. The highest BCUT2D eigenvalue weighted by Crippen LogP contribution is 2.33. The fourth-order valence-corrected chi connectivity index (χ4v) is 6.39. The van der Waals surface area contributed by atoms with Gasteiger partial charge in [-0.3, -0.25) is 9.89 Å². The van der Waals surface area contributed by atoms with Gasteiger partial charge in [-0.1, -0.05) is 24.3 Å². The van der Waals surface area contributed by atoms with Gasteiger partial charge in [0.1, 0.15) is 0 Å². The van der Waals surface area contributed by atoms with Crippen LogP contribution in [0.25, 0.3) is 10.9 Å². The molecule has 8 heteroatoms. The zero-order valence-electron chi connectivity index (χ0n) is 17.5. The third kappa shape index (κ3) is 3.53. The maximum atomic E-state index is 13.3. The molecule has 5 rings (SSSR count). The lowest BCUT2D eigenvalue weighted by Gasteiger charge is -2.39. The molecule has 0 aliphatic carbocycles. The topological polar surface area (TPSA) is 86.4 Å². The molecule has 31 heavy (non-hydrogen) atoms. The van der Waals surface area contributed by atoms with Crippen LogP contribution in [0.2, 0.25) is 0 Å². The molecule has 1 amide bonds. The molecule has 2 aromatic carbocycles. The smallest absolute Gasteiger partial charge is 0.243 e. The van der Waals surface area contributed by atoms with E-state index in [2.05, 4.69) is 29.3 Å². The Morgan fingerprint density at radius 1 is 1.10 bits per heavy atom. The number of rotatable bonds is 3. The lowest BCUT2D eigenvalue weighted by atomic mass is 9.90. The van der Waals surface area contributed by atoms with Crippen molar-refractivity contribution < 1.29 is 13.2 Å². The third-order valence-corrected chi connectivity index (χ3v) is 8.63. The molecule has 1 unspecified atom stereocenters. The molecule has 0 spiro atoms. The summed E-state index contributed by atoms with van der Waals surface area (Å²) in [6.45, 7) is 3.53. The number of nitrogens with one attached hydrogen (secondary N) is 1. The highest BCUT2D eigenvalue weighted by Gasteiger charge is 2.36. The number of H-pyrrole nitrogens is 1. The van der Waals surface area contributed by atoms with E-state index in [0.717, 1.165) is 23.9 Å². The summed E-state index contributed by atoms with van der Waals surface area (Å²) in [4.78, 5) is 15.5. The Bertz CT molecular complexity index is 1230. The van der Waals surface area contributed by atoms with Crippen LogP contribution in [0.5, 0.6) is 0 Å². The van der Waals surface area contributed by atoms with Crippen molar-refractivity contribution in [1.29, 1.82) is 0 Å². The van der Waals surface area contributed by atoms with Gasteiger partial charge >= 0.3 is 0 Å². The quantitative estimate of drug-likeness (QED) is 0.681. The number of benzene rings is 2. The monoisotopic (exact) mass is 438 g/mol. The first-order chi connectivity index (χ1) is 14.9. The van der Waals surface area contributed by atoms with E-state index >= 15 is 0 Å². The Morgan fingerprint density at radius 3 is 2.68 bits per heavy atom. The van der Waals surface area contributed by atoms with Crippen molar-refractivity contribution in [1.82, 2.24) is 19.4 Å². The summed E-state index contributed by atoms with van der Waals surface area (Å²) >= 11 is 0. The summed E-state index contributed by atoms with van der Waals surface area (Å²) in [5, 5.41) is 7.56. The lowest BCUT2D eigenvalue weighted by molar-refractivity contribution is -0.139. The molecule has 0 radical (unpaired) electrons. The number of aromatic amines is 1. The molecule has 3 aromatic rings. The Labute approximate surface area is 182 Å².